The summed E-state index contributed by atoms with van der Waals surface area (Å²) in [7, 11) is 0. The van der Waals surface area contributed by atoms with Crippen LogP contribution in [0.3, 0.4) is 0 Å². The van der Waals surface area contributed by atoms with E-state index in [1.54, 1.807) is 18.2 Å². The van der Waals surface area contributed by atoms with Gasteiger partial charge in [0.2, 0.25) is 5.75 Å². The van der Waals surface area contributed by atoms with E-state index in [2.05, 4.69) is 22.6 Å². The zero-order chi connectivity index (χ0) is 13.1. The Labute approximate surface area is 122 Å². The second-order valence-electron chi connectivity index (χ2n) is 3.38. The smallest absolute Gasteiger partial charge is 0.313 e. The molecule has 0 aliphatic heterocycles. The molecule has 0 fully saturated rings. The normalized spacial score (nSPS) is 10.1. The van der Waals surface area contributed by atoms with Gasteiger partial charge in [-0.25, -0.2) is 0 Å². The van der Waals surface area contributed by atoms with Crippen LogP contribution in [0.2, 0.25) is 5.02 Å². The molecule has 0 atom stereocenters. The average molecular weight is 376 g/mol. The van der Waals surface area contributed by atoms with Gasteiger partial charge in [0.1, 0.15) is 5.75 Å². The molecule has 2 rings (SSSR count). The van der Waals surface area contributed by atoms with Crippen LogP contribution in [0.4, 0.5) is 5.69 Å². The Balaban J connectivity index is 2.46. The third kappa shape index (κ3) is 2.73. The summed E-state index contributed by atoms with van der Waals surface area (Å²) in [6.45, 7) is 0. The van der Waals surface area contributed by atoms with E-state index in [4.69, 9.17) is 16.3 Å². The van der Waals surface area contributed by atoms with Crippen LogP contribution in [0.1, 0.15) is 0 Å². The van der Waals surface area contributed by atoms with Crippen LogP contribution in [0.25, 0.3) is 0 Å². The number of para-hydroxylation sites is 2. The van der Waals surface area contributed by atoms with E-state index >= 15 is 0 Å². The van der Waals surface area contributed by atoms with Crippen molar-refractivity contribution in [2.75, 3.05) is 0 Å². The second-order valence-corrected chi connectivity index (χ2v) is 4.95. The van der Waals surface area contributed by atoms with Gasteiger partial charge in [0.05, 0.1) is 13.5 Å². The first-order valence-corrected chi connectivity index (χ1v) is 6.40. The van der Waals surface area contributed by atoms with Crippen LogP contribution in [-0.4, -0.2) is 4.92 Å². The van der Waals surface area contributed by atoms with Crippen LogP contribution >= 0.6 is 34.2 Å². The van der Waals surface area contributed by atoms with Crippen LogP contribution in [0.5, 0.6) is 11.5 Å². The zero-order valence-corrected chi connectivity index (χ0v) is 11.9. The summed E-state index contributed by atoms with van der Waals surface area (Å²) in [5, 5.41) is 11.1. The standard InChI is InChI=1S/C12H7ClINO3/c13-8-4-3-6-10(15(16)17)12(8)18-11-7-2-1-5-9(11)14/h1-7H. The first kappa shape index (κ1) is 13.1. The number of hydrogen-bond donors (Lipinski definition) is 0. The highest BCUT2D eigenvalue weighted by atomic mass is 127. The van der Waals surface area contributed by atoms with E-state index in [1.165, 1.54) is 12.1 Å². The fourth-order valence-corrected chi connectivity index (χ4v) is 2.09. The lowest BCUT2D eigenvalue weighted by Gasteiger charge is -2.09. The quantitative estimate of drug-likeness (QED) is 0.446. The average Bonchev–Trinajstić information content (AvgIpc) is 2.34. The molecule has 0 heterocycles. The minimum atomic E-state index is -0.517. The van der Waals surface area contributed by atoms with E-state index in [0.29, 0.717) is 5.75 Å². The molecule has 0 saturated carbocycles. The molecule has 0 radical (unpaired) electrons. The first-order valence-electron chi connectivity index (χ1n) is 4.95. The molecule has 0 bridgehead atoms. The molecule has 4 nitrogen and oxygen atoms in total. The predicted molar refractivity (Wildman–Crippen MR) is 77.3 cm³/mol. The molecule has 0 aliphatic carbocycles. The van der Waals surface area contributed by atoms with Gasteiger partial charge in [-0.2, -0.15) is 0 Å². The first-order chi connectivity index (χ1) is 8.59. The molecule has 0 unspecified atom stereocenters. The summed E-state index contributed by atoms with van der Waals surface area (Å²) in [6.07, 6.45) is 0. The molecular weight excluding hydrogens is 368 g/mol. The third-order valence-corrected chi connectivity index (χ3v) is 3.38. The van der Waals surface area contributed by atoms with Crippen LogP contribution in [-0.2, 0) is 0 Å². The molecule has 0 aromatic heterocycles. The molecule has 0 spiro atoms. The van der Waals surface area contributed by atoms with Crippen molar-refractivity contribution in [2.45, 2.75) is 0 Å². The number of rotatable bonds is 3. The monoisotopic (exact) mass is 375 g/mol. The second kappa shape index (κ2) is 5.53. The number of hydrogen-bond acceptors (Lipinski definition) is 3. The van der Waals surface area contributed by atoms with Crippen molar-refractivity contribution in [3.63, 3.8) is 0 Å². The summed E-state index contributed by atoms with van der Waals surface area (Å²) >= 11 is 8.03. The molecule has 0 aliphatic rings. The van der Waals surface area contributed by atoms with Gasteiger partial charge < -0.3 is 4.74 Å². The van der Waals surface area contributed by atoms with Gasteiger partial charge in [-0.15, -0.1) is 0 Å². The number of ether oxygens (including phenoxy) is 1. The van der Waals surface area contributed by atoms with Crippen molar-refractivity contribution in [3.05, 3.63) is 61.2 Å². The van der Waals surface area contributed by atoms with Crippen LogP contribution < -0.4 is 4.74 Å². The largest absolute Gasteiger partial charge is 0.447 e. The minimum absolute atomic E-state index is 0.0632. The maximum Gasteiger partial charge on any atom is 0.313 e. The lowest BCUT2D eigenvalue weighted by molar-refractivity contribution is -0.385. The van der Waals surface area contributed by atoms with Crippen molar-refractivity contribution in [1.29, 1.82) is 0 Å². The maximum absolute atomic E-state index is 10.9. The number of nitro benzene ring substituents is 1. The van der Waals surface area contributed by atoms with Gasteiger partial charge in [-0.05, 0) is 40.8 Å². The molecule has 6 heteroatoms. The van der Waals surface area contributed by atoms with Crippen LogP contribution in [0, 0.1) is 13.7 Å². The van der Waals surface area contributed by atoms with Gasteiger partial charge in [-0.1, -0.05) is 29.8 Å². The highest BCUT2D eigenvalue weighted by Gasteiger charge is 2.19. The number of nitrogens with zero attached hydrogens (tertiary/aromatic N) is 1. The summed E-state index contributed by atoms with van der Waals surface area (Å²) in [5.74, 6) is 0.600. The Morgan fingerprint density at radius 2 is 1.89 bits per heavy atom. The Kier molecular flexibility index (Phi) is 4.03. The van der Waals surface area contributed by atoms with Crippen molar-refractivity contribution in [2.24, 2.45) is 0 Å². The van der Waals surface area contributed by atoms with E-state index in [9.17, 15) is 10.1 Å². The summed E-state index contributed by atoms with van der Waals surface area (Å²) in [5.41, 5.74) is -0.151. The van der Waals surface area contributed by atoms with Gasteiger partial charge in [0.25, 0.3) is 0 Å². The Morgan fingerprint density at radius 3 is 2.56 bits per heavy atom. The van der Waals surface area contributed by atoms with Crippen LogP contribution in [0.15, 0.2) is 42.5 Å². The molecule has 0 N–H and O–H groups in total. The third-order valence-electron chi connectivity index (χ3n) is 2.19. The zero-order valence-electron chi connectivity index (χ0n) is 8.97. The van der Waals surface area contributed by atoms with Crippen molar-refractivity contribution in [3.8, 4) is 11.5 Å². The number of halogens is 2. The molecular formula is C12H7ClINO3. The lowest BCUT2D eigenvalue weighted by Crippen LogP contribution is -1.95. The Morgan fingerprint density at radius 1 is 1.17 bits per heavy atom. The lowest BCUT2D eigenvalue weighted by atomic mass is 10.3. The number of nitro groups is 1. The minimum Gasteiger partial charge on any atom is -0.447 e. The van der Waals surface area contributed by atoms with E-state index in [-0.39, 0.29) is 16.5 Å². The van der Waals surface area contributed by atoms with E-state index in [1.807, 2.05) is 12.1 Å². The van der Waals surface area contributed by atoms with Gasteiger partial charge >= 0.3 is 5.69 Å². The molecule has 2 aromatic carbocycles. The SMILES string of the molecule is O=[N+]([O-])c1cccc(Cl)c1Oc1ccccc1I. The predicted octanol–water partition coefficient (Wildman–Crippen LogP) is 4.65. The molecule has 18 heavy (non-hydrogen) atoms. The van der Waals surface area contributed by atoms with Gasteiger partial charge in [-0.3, -0.25) is 10.1 Å². The van der Waals surface area contributed by atoms with Crippen molar-refractivity contribution in [1.82, 2.24) is 0 Å². The van der Waals surface area contributed by atoms with Crippen molar-refractivity contribution >= 4 is 39.9 Å². The topological polar surface area (TPSA) is 52.4 Å². The fraction of sp³-hybridized carbons (Fsp3) is 0. The summed E-state index contributed by atoms with van der Waals surface area (Å²) in [4.78, 5) is 10.4. The summed E-state index contributed by atoms with van der Waals surface area (Å²) in [6, 6.07) is 11.7. The highest BCUT2D eigenvalue weighted by Crippen LogP contribution is 2.38. The highest BCUT2D eigenvalue weighted by molar-refractivity contribution is 14.1. The molecule has 0 amide bonds. The maximum atomic E-state index is 10.9. The van der Waals surface area contributed by atoms with Gasteiger partial charge in [0.15, 0.2) is 0 Å². The van der Waals surface area contributed by atoms with Crippen molar-refractivity contribution < 1.29 is 9.66 Å². The van der Waals surface area contributed by atoms with E-state index < -0.39 is 4.92 Å². The fourth-order valence-electron chi connectivity index (χ4n) is 1.38. The summed E-state index contributed by atoms with van der Waals surface area (Å²) < 4.78 is 6.40. The number of benzene rings is 2. The molecule has 0 saturated heterocycles. The molecule has 2 aromatic rings. The Hall–Kier alpha value is -1.34. The van der Waals surface area contributed by atoms with Gasteiger partial charge in [0, 0.05) is 6.07 Å². The Bertz CT molecular complexity index is 604. The molecule has 92 valence electrons. The van der Waals surface area contributed by atoms with E-state index in [0.717, 1.165) is 3.57 Å².